The van der Waals surface area contributed by atoms with Crippen LogP contribution in [0.5, 0.6) is 11.5 Å². The molecule has 2 heterocycles. The van der Waals surface area contributed by atoms with Gasteiger partial charge in [-0.25, -0.2) is 4.79 Å². The minimum Gasteiger partial charge on any atom is -0.497 e. The number of aromatic nitrogens is 2. The highest BCUT2D eigenvalue weighted by Gasteiger charge is 2.46. The lowest BCUT2D eigenvalue weighted by Gasteiger charge is -2.37. The molecule has 214 valence electrons. The summed E-state index contributed by atoms with van der Waals surface area (Å²) in [5.41, 5.74) is 0.602. The Hall–Kier alpha value is -3.83. The van der Waals surface area contributed by atoms with Gasteiger partial charge >= 0.3 is 5.69 Å². The minimum atomic E-state index is -1.26. The fourth-order valence-electron chi connectivity index (χ4n) is 5.15. The van der Waals surface area contributed by atoms with Crippen LogP contribution in [0.25, 0.3) is 0 Å². The summed E-state index contributed by atoms with van der Waals surface area (Å²) in [6, 6.07) is 25.0. The number of hydrogen-bond donors (Lipinski definition) is 3. The Morgan fingerprint density at radius 1 is 0.829 bits per heavy atom. The molecule has 1 aromatic heterocycles. The van der Waals surface area contributed by atoms with E-state index in [1.165, 1.54) is 22.5 Å². The molecule has 3 aromatic carbocycles. The summed E-state index contributed by atoms with van der Waals surface area (Å²) in [6.45, 7) is 1.61. The molecular weight excluding hydrogens is 544 g/mol. The lowest BCUT2D eigenvalue weighted by molar-refractivity contribution is -0.0273. The molecule has 1 saturated heterocycles. The van der Waals surface area contributed by atoms with Gasteiger partial charge in [0.25, 0.3) is 5.56 Å². The predicted octanol–water partition coefficient (Wildman–Crippen LogP) is 3.21. The van der Waals surface area contributed by atoms with Crippen molar-refractivity contribution in [2.45, 2.75) is 35.4 Å². The first-order valence-electron chi connectivity index (χ1n) is 13.1. The molecule has 0 spiro atoms. The molecule has 5 rings (SSSR count). The third-order valence-electron chi connectivity index (χ3n) is 7.39. The van der Waals surface area contributed by atoms with Crippen LogP contribution in [0.15, 0.2) is 94.6 Å². The maximum Gasteiger partial charge on any atom is 0.329 e. The number of nitrogens with zero attached hydrogens (tertiary/aromatic N) is 1. The molecule has 0 saturated carbocycles. The molecule has 1 aliphatic heterocycles. The Kier molecular flexibility index (Phi) is 8.37. The average molecular weight is 577 g/mol. The van der Waals surface area contributed by atoms with Gasteiger partial charge in [-0.15, -0.1) is 11.8 Å². The second-order valence-corrected chi connectivity index (χ2v) is 11.2. The fraction of sp³-hybridized carbons (Fsp3) is 0.290. The molecule has 0 radical (unpaired) electrons. The van der Waals surface area contributed by atoms with E-state index in [4.69, 9.17) is 14.2 Å². The number of thioether (sulfide) groups is 1. The highest BCUT2D eigenvalue weighted by atomic mass is 32.2. The van der Waals surface area contributed by atoms with Gasteiger partial charge in [0, 0.05) is 11.8 Å². The van der Waals surface area contributed by atoms with E-state index in [0.29, 0.717) is 17.1 Å². The number of aliphatic hydroxyl groups excluding tert-OH is 2. The third kappa shape index (κ3) is 5.43. The fourth-order valence-corrected chi connectivity index (χ4v) is 6.59. The quantitative estimate of drug-likeness (QED) is 0.260. The highest BCUT2D eigenvalue weighted by molar-refractivity contribution is 8.00. The average Bonchev–Trinajstić information content (AvgIpc) is 3.29. The van der Waals surface area contributed by atoms with E-state index in [2.05, 4.69) is 4.98 Å². The number of H-pyrrole nitrogens is 1. The summed E-state index contributed by atoms with van der Waals surface area (Å²) < 4.78 is 18.9. The molecular formula is C31H32N2O7S. The van der Waals surface area contributed by atoms with Crippen molar-refractivity contribution in [3.8, 4) is 11.5 Å². The van der Waals surface area contributed by atoms with Crippen LogP contribution >= 0.6 is 11.8 Å². The van der Waals surface area contributed by atoms with Crippen LogP contribution in [0, 0.1) is 6.92 Å². The van der Waals surface area contributed by atoms with Crippen LogP contribution in [0.4, 0.5) is 0 Å². The Morgan fingerprint density at radius 2 is 1.37 bits per heavy atom. The number of aliphatic hydroxyl groups is 2. The van der Waals surface area contributed by atoms with Gasteiger partial charge in [-0.1, -0.05) is 54.6 Å². The first-order valence-corrected chi connectivity index (χ1v) is 14.0. The summed E-state index contributed by atoms with van der Waals surface area (Å²) in [7, 11) is 3.21. The molecule has 9 nitrogen and oxygen atoms in total. The van der Waals surface area contributed by atoms with Gasteiger partial charge in [0.2, 0.25) is 0 Å². The van der Waals surface area contributed by atoms with Gasteiger partial charge in [-0.3, -0.25) is 14.3 Å². The molecule has 10 heteroatoms. The Morgan fingerprint density at radius 3 is 1.90 bits per heavy atom. The number of nitrogens with one attached hydrogen (secondary N) is 1. The standard InChI is InChI=1S/C31H32N2O7S/c1-19-17-33(30(37)32-28(19)36)29-27(35)26(34)25(41-29)18-40-31(20-7-5-4-6-8-20,21-9-13-23(38-2)14-10-21)22-11-15-24(39-3)16-12-22/h4-17,25-27,29,34-35H,18H2,1-3H3,(H,32,36,37)/t25-,26-,27-,29-/m1/s1. The predicted molar refractivity (Wildman–Crippen MR) is 157 cm³/mol. The molecule has 4 aromatic rings. The molecule has 0 amide bonds. The molecule has 41 heavy (non-hydrogen) atoms. The maximum absolute atomic E-state index is 12.6. The molecule has 0 aliphatic carbocycles. The van der Waals surface area contributed by atoms with Gasteiger partial charge in [0.15, 0.2) is 0 Å². The van der Waals surface area contributed by atoms with Crippen molar-refractivity contribution < 1.29 is 24.4 Å². The minimum absolute atomic E-state index is 0.0312. The first-order chi connectivity index (χ1) is 19.8. The van der Waals surface area contributed by atoms with E-state index >= 15 is 0 Å². The summed E-state index contributed by atoms with van der Waals surface area (Å²) in [4.78, 5) is 26.7. The number of ether oxygens (including phenoxy) is 3. The molecule has 1 aliphatic rings. The van der Waals surface area contributed by atoms with E-state index in [-0.39, 0.29) is 6.61 Å². The van der Waals surface area contributed by atoms with Crippen molar-refractivity contribution in [2.24, 2.45) is 0 Å². The lowest BCUT2D eigenvalue weighted by atomic mass is 9.80. The maximum atomic E-state index is 12.6. The summed E-state index contributed by atoms with van der Waals surface area (Å²) >= 11 is 1.22. The van der Waals surface area contributed by atoms with Crippen LogP contribution < -0.4 is 20.7 Å². The number of aromatic amines is 1. The normalized spacial score (nSPS) is 20.6. The van der Waals surface area contributed by atoms with Gasteiger partial charge in [-0.05, 0) is 47.9 Å². The van der Waals surface area contributed by atoms with E-state index < -0.39 is 39.7 Å². The first kappa shape index (κ1) is 28.7. The zero-order chi connectivity index (χ0) is 29.1. The van der Waals surface area contributed by atoms with Crippen LogP contribution in [-0.2, 0) is 10.3 Å². The third-order valence-corrected chi connectivity index (χ3v) is 8.94. The second-order valence-electron chi connectivity index (χ2n) is 9.84. The smallest absolute Gasteiger partial charge is 0.329 e. The zero-order valence-corrected chi connectivity index (χ0v) is 23.7. The Balaban J connectivity index is 1.56. The van der Waals surface area contributed by atoms with E-state index in [0.717, 1.165) is 16.7 Å². The molecule has 4 atom stereocenters. The summed E-state index contributed by atoms with van der Waals surface area (Å²) in [5.74, 6) is 1.39. The van der Waals surface area contributed by atoms with E-state index in [9.17, 15) is 19.8 Å². The largest absolute Gasteiger partial charge is 0.497 e. The molecule has 0 unspecified atom stereocenters. The Labute approximate surface area is 241 Å². The van der Waals surface area contributed by atoms with E-state index in [1.807, 2.05) is 78.9 Å². The highest BCUT2D eigenvalue weighted by Crippen LogP contribution is 2.45. The number of benzene rings is 3. The summed E-state index contributed by atoms with van der Waals surface area (Å²) in [5, 5.41) is 20.6. The van der Waals surface area contributed by atoms with Crippen molar-refractivity contribution in [2.75, 3.05) is 20.8 Å². The number of aryl methyl sites for hydroxylation is 1. The topological polar surface area (TPSA) is 123 Å². The lowest BCUT2D eigenvalue weighted by Crippen LogP contribution is -2.40. The van der Waals surface area contributed by atoms with Crippen molar-refractivity contribution in [3.63, 3.8) is 0 Å². The van der Waals surface area contributed by atoms with Gasteiger partial charge < -0.3 is 24.4 Å². The van der Waals surface area contributed by atoms with Crippen LogP contribution in [0.2, 0.25) is 0 Å². The monoisotopic (exact) mass is 576 g/mol. The van der Waals surface area contributed by atoms with Crippen molar-refractivity contribution in [1.82, 2.24) is 9.55 Å². The van der Waals surface area contributed by atoms with Crippen molar-refractivity contribution in [1.29, 1.82) is 0 Å². The van der Waals surface area contributed by atoms with Gasteiger partial charge in [0.05, 0.1) is 32.2 Å². The van der Waals surface area contributed by atoms with Crippen molar-refractivity contribution >= 4 is 11.8 Å². The van der Waals surface area contributed by atoms with E-state index in [1.54, 1.807) is 21.1 Å². The van der Waals surface area contributed by atoms with Crippen LogP contribution in [0.1, 0.15) is 27.6 Å². The number of hydrogen-bond acceptors (Lipinski definition) is 8. The molecule has 3 N–H and O–H groups in total. The van der Waals surface area contributed by atoms with Gasteiger partial charge in [0.1, 0.15) is 28.6 Å². The molecule has 0 bridgehead atoms. The van der Waals surface area contributed by atoms with Gasteiger partial charge in [-0.2, -0.15) is 0 Å². The van der Waals surface area contributed by atoms with Crippen LogP contribution in [-0.4, -0.2) is 58.0 Å². The number of rotatable bonds is 9. The SMILES string of the molecule is COc1ccc(C(OC[C@H]2S[C@@H](n3cc(C)c(=O)[nH]c3=O)[C@H](O)[C@@H]2O)(c2ccccc2)c2ccc(OC)cc2)cc1. The van der Waals surface area contributed by atoms with Crippen LogP contribution in [0.3, 0.4) is 0 Å². The zero-order valence-electron chi connectivity index (χ0n) is 22.9. The summed E-state index contributed by atoms with van der Waals surface area (Å²) in [6.07, 6.45) is -1.05. The number of methoxy groups -OCH3 is 2. The van der Waals surface area contributed by atoms with Crippen molar-refractivity contribution in [3.05, 3.63) is 128 Å². The molecule has 1 fully saturated rings. The Bertz CT molecular complexity index is 1540. The second kappa shape index (κ2) is 12.0.